The fourth-order valence-electron chi connectivity index (χ4n) is 3.38. The molecule has 1 aromatic heterocycles. The Hall–Kier alpha value is -2.81. The SMILES string of the molecule is Cl.O=C(NCCc1ccccc1)N1CCCN(C(=O)c2cnccc2C(F)(F)F)CC1. The van der Waals surface area contributed by atoms with Crippen molar-refractivity contribution in [2.75, 3.05) is 32.7 Å². The molecule has 3 amide bonds. The number of halogens is 4. The number of amides is 3. The summed E-state index contributed by atoms with van der Waals surface area (Å²) in [6, 6.07) is 10.3. The Balaban J connectivity index is 0.00000341. The van der Waals surface area contributed by atoms with Crippen molar-refractivity contribution in [1.29, 1.82) is 0 Å². The van der Waals surface area contributed by atoms with Gasteiger partial charge in [-0.05, 0) is 24.5 Å². The summed E-state index contributed by atoms with van der Waals surface area (Å²) in [6.45, 7) is 1.60. The highest BCUT2D eigenvalue weighted by Gasteiger charge is 2.36. The van der Waals surface area contributed by atoms with Crippen LogP contribution in [0.2, 0.25) is 0 Å². The molecule has 0 atom stereocenters. The first-order valence-electron chi connectivity index (χ1n) is 9.73. The number of carbonyl (C=O) groups excluding carboxylic acids is 2. The lowest BCUT2D eigenvalue weighted by molar-refractivity contribution is -0.138. The molecule has 1 aromatic carbocycles. The largest absolute Gasteiger partial charge is 0.417 e. The quantitative estimate of drug-likeness (QED) is 0.764. The minimum Gasteiger partial charge on any atom is -0.338 e. The molecule has 0 aliphatic carbocycles. The standard InChI is InChI=1S/C21H23F3N4O2.ClH/c22-21(23,24)18-8-9-25-15-17(18)19(29)27-11-4-12-28(14-13-27)20(30)26-10-7-16-5-2-1-3-6-16;/h1-3,5-6,8-9,15H,4,7,10-14H2,(H,26,30);1H. The summed E-state index contributed by atoms with van der Waals surface area (Å²) >= 11 is 0. The number of carbonyl (C=O) groups is 2. The normalized spacial score (nSPS) is 14.4. The first-order chi connectivity index (χ1) is 14.4. The van der Waals surface area contributed by atoms with Crippen LogP contribution in [0.5, 0.6) is 0 Å². The van der Waals surface area contributed by atoms with Gasteiger partial charge < -0.3 is 15.1 Å². The lowest BCUT2D eigenvalue weighted by Gasteiger charge is -2.23. The summed E-state index contributed by atoms with van der Waals surface area (Å²) in [6.07, 6.45) is -1.48. The summed E-state index contributed by atoms with van der Waals surface area (Å²) in [4.78, 5) is 31.7. The molecule has 3 rings (SSSR count). The first kappa shape index (κ1) is 24.5. The third-order valence-corrected chi connectivity index (χ3v) is 4.96. The topological polar surface area (TPSA) is 65.5 Å². The Kier molecular flexibility index (Phi) is 8.67. The molecule has 6 nitrogen and oxygen atoms in total. The van der Waals surface area contributed by atoms with Crippen molar-refractivity contribution in [2.24, 2.45) is 0 Å². The van der Waals surface area contributed by atoms with Crippen molar-refractivity contribution < 1.29 is 22.8 Å². The molecule has 1 fully saturated rings. The van der Waals surface area contributed by atoms with Gasteiger partial charge in [-0.15, -0.1) is 12.4 Å². The van der Waals surface area contributed by atoms with Crippen molar-refractivity contribution >= 4 is 24.3 Å². The summed E-state index contributed by atoms with van der Waals surface area (Å²) in [7, 11) is 0. The summed E-state index contributed by atoms with van der Waals surface area (Å²) in [5.74, 6) is -0.721. The molecule has 0 spiro atoms. The maximum Gasteiger partial charge on any atom is 0.417 e. The molecule has 0 unspecified atom stereocenters. The van der Waals surface area contributed by atoms with Crippen LogP contribution in [0.25, 0.3) is 0 Å². The van der Waals surface area contributed by atoms with E-state index in [1.165, 1.54) is 4.90 Å². The van der Waals surface area contributed by atoms with E-state index in [-0.39, 0.29) is 38.1 Å². The maximum absolute atomic E-state index is 13.2. The van der Waals surface area contributed by atoms with E-state index in [0.717, 1.165) is 24.0 Å². The molecule has 0 radical (unpaired) electrons. The summed E-state index contributed by atoms with van der Waals surface area (Å²) in [5, 5.41) is 2.86. The minimum absolute atomic E-state index is 0. The van der Waals surface area contributed by atoms with Crippen LogP contribution < -0.4 is 5.32 Å². The highest BCUT2D eigenvalue weighted by Crippen LogP contribution is 2.32. The number of hydrogen-bond acceptors (Lipinski definition) is 3. The van der Waals surface area contributed by atoms with Gasteiger partial charge in [0, 0.05) is 45.1 Å². The van der Waals surface area contributed by atoms with Gasteiger partial charge in [0.15, 0.2) is 0 Å². The van der Waals surface area contributed by atoms with Gasteiger partial charge in [0.25, 0.3) is 5.91 Å². The molecule has 1 aliphatic heterocycles. The Morgan fingerprint density at radius 2 is 1.68 bits per heavy atom. The lowest BCUT2D eigenvalue weighted by atomic mass is 10.1. The van der Waals surface area contributed by atoms with Gasteiger partial charge >= 0.3 is 12.2 Å². The van der Waals surface area contributed by atoms with Crippen LogP contribution in [-0.2, 0) is 12.6 Å². The fraction of sp³-hybridized carbons (Fsp3) is 0.381. The van der Waals surface area contributed by atoms with Crippen molar-refractivity contribution in [3.05, 3.63) is 65.5 Å². The third-order valence-electron chi connectivity index (χ3n) is 4.96. The van der Waals surface area contributed by atoms with E-state index in [9.17, 15) is 22.8 Å². The predicted octanol–water partition coefficient (Wildman–Crippen LogP) is 3.62. The molecule has 31 heavy (non-hydrogen) atoms. The maximum atomic E-state index is 13.2. The second-order valence-corrected chi connectivity index (χ2v) is 7.02. The van der Waals surface area contributed by atoms with Crippen LogP contribution >= 0.6 is 12.4 Å². The van der Waals surface area contributed by atoms with Gasteiger partial charge in [-0.2, -0.15) is 13.2 Å². The van der Waals surface area contributed by atoms with E-state index >= 15 is 0 Å². The molecular weight excluding hydrogens is 433 g/mol. The molecule has 0 saturated carbocycles. The number of rotatable bonds is 4. The second-order valence-electron chi connectivity index (χ2n) is 7.02. The van der Waals surface area contributed by atoms with Crippen molar-refractivity contribution in [2.45, 2.75) is 19.0 Å². The Morgan fingerprint density at radius 1 is 1.00 bits per heavy atom. The van der Waals surface area contributed by atoms with Gasteiger partial charge in [-0.1, -0.05) is 30.3 Å². The Labute approximate surface area is 184 Å². The molecule has 10 heteroatoms. The van der Waals surface area contributed by atoms with Crippen LogP contribution in [0.4, 0.5) is 18.0 Å². The van der Waals surface area contributed by atoms with Gasteiger partial charge in [0.05, 0.1) is 11.1 Å². The van der Waals surface area contributed by atoms with E-state index in [4.69, 9.17) is 0 Å². The number of hydrogen-bond donors (Lipinski definition) is 1. The first-order valence-corrected chi connectivity index (χ1v) is 9.73. The number of alkyl halides is 3. The van der Waals surface area contributed by atoms with E-state index in [1.807, 2.05) is 30.3 Å². The van der Waals surface area contributed by atoms with Crippen molar-refractivity contribution in [1.82, 2.24) is 20.1 Å². The van der Waals surface area contributed by atoms with E-state index in [0.29, 0.717) is 25.9 Å². The Morgan fingerprint density at radius 3 is 2.39 bits per heavy atom. The number of nitrogens with zero attached hydrogens (tertiary/aromatic N) is 3. The predicted molar refractivity (Wildman–Crippen MR) is 112 cm³/mol. The number of pyridine rings is 1. The smallest absolute Gasteiger partial charge is 0.338 e. The number of aromatic nitrogens is 1. The van der Waals surface area contributed by atoms with Gasteiger partial charge in [0.2, 0.25) is 0 Å². The van der Waals surface area contributed by atoms with Gasteiger partial charge in [-0.3, -0.25) is 9.78 Å². The third kappa shape index (κ3) is 6.58. The molecule has 168 valence electrons. The van der Waals surface area contributed by atoms with Crippen molar-refractivity contribution in [3.63, 3.8) is 0 Å². The molecular formula is C21H24ClF3N4O2. The molecule has 1 N–H and O–H groups in total. The van der Waals surface area contributed by atoms with Crippen LogP contribution in [-0.4, -0.2) is 59.4 Å². The summed E-state index contributed by atoms with van der Waals surface area (Å²) in [5.41, 5.74) is -0.351. The number of urea groups is 1. The highest BCUT2D eigenvalue weighted by molar-refractivity contribution is 5.95. The van der Waals surface area contributed by atoms with Crippen molar-refractivity contribution in [3.8, 4) is 0 Å². The molecule has 1 saturated heterocycles. The van der Waals surface area contributed by atoms with Crippen LogP contribution in [0.15, 0.2) is 48.8 Å². The highest BCUT2D eigenvalue weighted by atomic mass is 35.5. The van der Waals surface area contributed by atoms with Gasteiger partial charge in [-0.25, -0.2) is 4.79 Å². The molecule has 2 aromatic rings. The van der Waals surface area contributed by atoms with E-state index < -0.39 is 23.2 Å². The van der Waals surface area contributed by atoms with Gasteiger partial charge in [0.1, 0.15) is 0 Å². The number of nitrogens with one attached hydrogen (secondary N) is 1. The average molecular weight is 457 g/mol. The van der Waals surface area contributed by atoms with Crippen LogP contribution in [0.1, 0.15) is 27.9 Å². The Bertz CT molecular complexity index is 880. The van der Waals surface area contributed by atoms with Crippen LogP contribution in [0, 0.1) is 0 Å². The molecule has 2 heterocycles. The summed E-state index contributed by atoms with van der Waals surface area (Å²) < 4.78 is 39.6. The second kappa shape index (κ2) is 11.0. The number of benzene rings is 1. The zero-order chi connectivity index (χ0) is 21.6. The van der Waals surface area contributed by atoms with E-state index in [2.05, 4.69) is 10.3 Å². The fourth-order valence-corrected chi connectivity index (χ4v) is 3.38. The molecule has 0 bridgehead atoms. The van der Waals surface area contributed by atoms with E-state index in [1.54, 1.807) is 4.90 Å². The molecule has 1 aliphatic rings. The zero-order valence-corrected chi connectivity index (χ0v) is 17.6. The average Bonchev–Trinajstić information content (AvgIpc) is 3.00. The lowest BCUT2D eigenvalue weighted by Crippen LogP contribution is -2.43. The zero-order valence-electron chi connectivity index (χ0n) is 16.8. The van der Waals surface area contributed by atoms with Crippen LogP contribution in [0.3, 0.4) is 0 Å². The minimum atomic E-state index is -4.63. The monoisotopic (exact) mass is 456 g/mol.